The molecule has 2 saturated heterocycles. The molecular formula is C15H16F3N7O2. The molecule has 0 saturated carbocycles. The number of carbonyl (C=O) groups excluding carboxylic acids is 1. The number of nitrogens with zero attached hydrogens (tertiary/aromatic N) is 6. The average molecular weight is 383 g/mol. The number of likely N-dealkylation sites (tertiary alicyclic amines) is 2. The maximum Gasteiger partial charge on any atom is 0.435 e. The number of halogens is 3. The summed E-state index contributed by atoms with van der Waals surface area (Å²) in [6.45, 7) is 1.93. The number of aromatic nitrogens is 5. The summed E-state index contributed by atoms with van der Waals surface area (Å²) < 4.78 is 42.9. The van der Waals surface area contributed by atoms with Crippen molar-refractivity contribution in [3.8, 4) is 5.88 Å². The highest BCUT2D eigenvalue weighted by Gasteiger charge is 2.38. The van der Waals surface area contributed by atoms with Crippen LogP contribution in [0.25, 0.3) is 0 Å². The number of aromatic amines is 1. The average Bonchev–Trinajstić information content (AvgIpc) is 3.27. The Morgan fingerprint density at radius 2 is 2.00 bits per heavy atom. The zero-order valence-corrected chi connectivity index (χ0v) is 14.1. The number of hydrogen-bond donors (Lipinski definition) is 1. The highest BCUT2D eigenvalue weighted by atomic mass is 19.4. The van der Waals surface area contributed by atoms with Crippen molar-refractivity contribution in [2.75, 3.05) is 26.2 Å². The summed E-state index contributed by atoms with van der Waals surface area (Å²) in [5.41, 5.74) is -0.230. The molecule has 12 heteroatoms. The predicted molar refractivity (Wildman–Crippen MR) is 83.7 cm³/mol. The number of nitrogens with one attached hydrogen (secondary N) is 1. The van der Waals surface area contributed by atoms with E-state index in [0.29, 0.717) is 26.2 Å². The summed E-state index contributed by atoms with van der Waals surface area (Å²) in [5, 5.41) is 17.0. The molecule has 0 aliphatic carbocycles. The molecule has 2 aromatic heterocycles. The smallest absolute Gasteiger partial charge is 0.435 e. The van der Waals surface area contributed by atoms with Gasteiger partial charge < -0.3 is 14.5 Å². The highest BCUT2D eigenvalue weighted by Crippen LogP contribution is 2.29. The van der Waals surface area contributed by atoms with Crippen molar-refractivity contribution in [2.24, 2.45) is 0 Å². The molecule has 0 unspecified atom stereocenters. The lowest BCUT2D eigenvalue weighted by atomic mass is 10.1. The first-order chi connectivity index (χ1) is 12.9. The van der Waals surface area contributed by atoms with Crippen molar-refractivity contribution >= 4 is 6.03 Å². The third-order valence-corrected chi connectivity index (χ3v) is 4.65. The Kier molecular flexibility index (Phi) is 4.32. The SMILES string of the molecule is O=C(N1CC(Oc2ccc(C(F)(F)F)nn2)C1)N1CC[C@H](c2cn[nH]n2)C1. The van der Waals surface area contributed by atoms with Gasteiger partial charge in [-0.15, -0.1) is 10.2 Å². The van der Waals surface area contributed by atoms with Gasteiger partial charge in [0.2, 0.25) is 5.88 Å². The summed E-state index contributed by atoms with van der Waals surface area (Å²) in [7, 11) is 0. The van der Waals surface area contributed by atoms with Gasteiger partial charge in [0.1, 0.15) is 6.10 Å². The molecule has 27 heavy (non-hydrogen) atoms. The van der Waals surface area contributed by atoms with Gasteiger partial charge in [0.05, 0.1) is 25.0 Å². The van der Waals surface area contributed by atoms with E-state index in [1.165, 1.54) is 0 Å². The van der Waals surface area contributed by atoms with Crippen molar-refractivity contribution in [1.82, 2.24) is 35.4 Å². The van der Waals surface area contributed by atoms with Crippen LogP contribution in [-0.2, 0) is 6.18 Å². The number of hydrogen-bond acceptors (Lipinski definition) is 6. The van der Waals surface area contributed by atoms with Crippen molar-refractivity contribution < 1.29 is 22.7 Å². The maximum absolute atomic E-state index is 12.5. The molecule has 4 rings (SSSR count). The van der Waals surface area contributed by atoms with Gasteiger partial charge in [-0.05, 0) is 12.5 Å². The van der Waals surface area contributed by atoms with E-state index in [9.17, 15) is 18.0 Å². The van der Waals surface area contributed by atoms with E-state index in [1.807, 2.05) is 0 Å². The minimum Gasteiger partial charge on any atom is -0.469 e. The molecular weight excluding hydrogens is 367 g/mol. The molecule has 1 N–H and O–H groups in total. The summed E-state index contributed by atoms with van der Waals surface area (Å²) in [6, 6.07) is 1.86. The number of amides is 2. The summed E-state index contributed by atoms with van der Waals surface area (Å²) in [6.07, 6.45) is -2.36. The van der Waals surface area contributed by atoms with Crippen LogP contribution in [0, 0.1) is 0 Å². The van der Waals surface area contributed by atoms with Gasteiger partial charge in [-0.2, -0.15) is 28.6 Å². The van der Waals surface area contributed by atoms with E-state index < -0.39 is 11.9 Å². The number of carbonyl (C=O) groups is 1. The van der Waals surface area contributed by atoms with Gasteiger partial charge in [-0.3, -0.25) is 0 Å². The second-order valence-corrected chi connectivity index (χ2v) is 6.51. The van der Waals surface area contributed by atoms with E-state index in [0.717, 1.165) is 24.2 Å². The Morgan fingerprint density at radius 3 is 2.63 bits per heavy atom. The van der Waals surface area contributed by atoms with Crippen LogP contribution >= 0.6 is 0 Å². The number of H-pyrrole nitrogens is 1. The first kappa shape index (κ1) is 17.5. The fourth-order valence-corrected chi connectivity index (χ4v) is 3.16. The van der Waals surface area contributed by atoms with Crippen LogP contribution in [0.15, 0.2) is 18.3 Å². The topological polar surface area (TPSA) is 100 Å². The second kappa shape index (κ2) is 6.67. The molecule has 0 aromatic carbocycles. The fraction of sp³-hybridized carbons (Fsp3) is 0.533. The molecule has 2 amide bonds. The van der Waals surface area contributed by atoms with E-state index in [2.05, 4.69) is 25.6 Å². The van der Waals surface area contributed by atoms with Crippen LogP contribution in [0.4, 0.5) is 18.0 Å². The van der Waals surface area contributed by atoms with Gasteiger partial charge in [-0.25, -0.2) is 4.79 Å². The van der Waals surface area contributed by atoms with Gasteiger partial charge in [-0.1, -0.05) is 0 Å². The largest absolute Gasteiger partial charge is 0.469 e. The number of alkyl halides is 3. The van der Waals surface area contributed by atoms with Gasteiger partial charge >= 0.3 is 12.2 Å². The van der Waals surface area contributed by atoms with Gasteiger partial charge in [0, 0.05) is 25.1 Å². The molecule has 1 atom stereocenters. The van der Waals surface area contributed by atoms with Crippen LogP contribution < -0.4 is 4.74 Å². The summed E-state index contributed by atoms with van der Waals surface area (Å²) in [5.74, 6) is 0.177. The molecule has 0 spiro atoms. The van der Waals surface area contributed by atoms with Crippen molar-refractivity contribution in [3.05, 3.63) is 29.7 Å². The minimum atomic E-state index is -4.54. The van der Waals surface area contributed by atoms with E-state index in [-0.39, 0.29) is 23.9 Å². The van der Waals surface area contributed by atoms with Crippen LogP contribution in [0.1, 0.15) is 23.7 Å². The van der Waals surface area contributed by atoms with Crippen molar-refractivity contribution in [1.29, 1.82) is 0 Å². The monoisotopic (exact) mass is 383 g/mol. The Balaban J connectivity index is 1.25. The second-order valence-electron chi connectivity index (χ2n) is 6.51. The van der Waals surface area contributed by atoms with Crippen LogP contribution in [0.5, 0.6) is 5.88 Å². The molecule has 0 radical (unpaired) electrons. The highest BCUT2D eigenvalue weighted by molar-refractivity contribution is 5.76. The normalized spacial score (nSPS) is 20.6. The van der Waals surface area contributed by atoms with Gasteiger partial charge in [0.25, 0.3) is 0 Å². The van der Waals surface area contributed by atoms with E-state index >= 15 is 0 Å². The lowest BCUT2D eigenvalue weighted by molar-refractivity contribution is -0.141. The Bertz CT molecular complexity index is 791. The lowest BCUT2D eigenvalue weighted by Crippen LogP contribution is -2.59. The Hall–Kier alpha value is -2.92. The number of rotatable bonds is 3. The summed E-state index contributed by atoms with van der Waals surface area (Å²) >= 11 is 0. The molecule has 2 aliphatic rings. The molecule has 9 nitrogen and oxygen atoms in total. The molecule has 2 aromatic rings. The zero-order chi connectivity index (χ0) is 19.0. The third-order valence-electron chi connectivity index (χ3n) is 4.65. The quantitative estimate of drug-likeness (QED) is 0.857. The molecule has 4 heterocycles. The lowest BCUT2D eigenvalue weighted by Gasteiger charge is -2.40. The minimum absolute atomic E-state index is 0.00682. The first-order valence-electron chi connectivity index (χ1n) is 8.37. The molecule has 144 valence electrons. The number of urea groups is 1. The van der Waals surface area contributed by atoms with Crippen LogP contribution in [0.3, 0.4) is 0 Å². The standard InChI is InChI=1S/C15H16F3N7O2/c16-15(17,18)12-1-2-13(22-21-12)27-10-7-25(8-10)14(26)24-4-3-9(6-24)11-5-19-23-20-11/h1-2,5,9-10H,3-4,6-8H2,(H,19,20,23)/t9-/m0/s1. The Labute approximate surface area is 151 Å². The van der Waals surface area contributed by atoms with Crippen molar-refractivity contribution in [3.63, 3.8) is 0 Å². The van der Waals surface area contributed by atoms with Crippen LogP contribution in [0.2, 0.25) is 0 Å². The Morgan fingerprint density at radius 1 is 1.19 bits per heavy atom. The van der Waals surface area contributed by atoms with Gasteiger partial charge in [0.15, 0.2) is 5.69 Å². The van der Waals surface area contributed by atoms with Crippen LogP contribution in [-0.4, -0.2) is 73.7 Å². The predicted octanol–water partition coefficient (Wildman–Crippen LogP) is 1.29. The number of ether oxygens (including phenoxy) is 1. The molecule has 2 fully saturated rings. The zero-order valence-electron chi connectivity index (χ0n) is 14.1. The van der Waals surface area contributed by atoms with Crippen molar-refractivity contribution in [2.45, 2.75) is 24.6 Å². The fourth-order valence-electron chi connectivity index (χ4n) is 3.16. The first-order valence-corrected chi connectivity index (χ1v) is 8.37. The van der Waals surface area contributed by atoms with E-state index in [1.54, 1.807) is 16.0 Å². The third kappa shape index (κ3) is 3.64. The maximum atomic E-state index is 12.5. The molecule has 0 bridgehead atoms. The van der Waals surface area contributed by atoms with E-state index in [4.69, 9.17) is 4.74 Å². The summed E-state index contributed by atoms with van der Waals surface area (Å²) in [4.78, 5) is 15.9. The molecule has 2 aliphatic heterocycles.